The second kappa shape index (κ2) is 9.34. The number of piperazine rings is 1. The Hall–Kier alpha value is -3.21. The number of benzene rings is 1. The highest BCUT2D eigenvalue weighted by Crippen LogP contribution is 2.33. The number of amides is 1. The SMILES string of the molecule is O=C(CCc1nc(-c2ccc(F)cc2)no1)N1CCN(c2ncc(C(F)(F)F)cc2Cl)CC1. The summed E-state index contributed by atoms with van der Waals surface area (Å²) in [6.45, 7) is 1.53. The zero-order valence-electron chi connectivity index (χ0n) is 17.1. The fourth-order valence-electron chi connectivity index (χ4n) is 3.43. The third kappa shape index (κ3) is 5.41. The van der Waals surface area contributed by atoms with Gasteiger partial charge < -0.3 is 14.3 Å². The summed E-state index contributed by atoms with van der Waals surface area (Å²) in [5.74, 6) is 0.386. The van der Waals surface area contributed by atoms with Crippen molar-refractivity contribution in [2.75, 3.05) is 31.1 Å². The van der Waals surface area contributed by atoms with Gasteiger partial charge in [-0.1, -0.05) is 16.8 Å². The van der Waals surface area contributed by atoms with Crippen molar-refractivity contribution in [3.8, 4) is 11.4 Å². The smallest absolute Gasteiger partial charge is 0.352 e. The van der Waals surface area contributed by atoms with E-state index in [0.29, 0.717) is 43.5 Å². The summed E-state index contributed by atoms with van der Waals surface area (Å²) < 4.78 is 56.6. The van der Waals surface area contributed by atoms with E-state index < -0.39 is 11.7 Å². The van der Waals surface area contributed by atoms with Gasteiger partial charge in [0.15, 0.2) is 0 Å². The lowest BCUT2D eigenvalue weighted by atomic mass is 10.2. The van der Waals surface area contributed by atoms with E-state index in [-0.39, 0.29) is 35.4 Å². The van der Waals surface area contributed by atoms with Crippen molar-refractivity contribution in [2.45, 2.75) is 19.0 Å². The maximum atomic E-state index is 13.0. The van der Waals surface area contributed by atoms with Crippen molar-refractivity contribution in [3.05, 3.63) is 58.8 Å². The van der Waals surface area contributed by atoms with Gasteiger partial charge in [0, 0.05) is 50.8 Å². The molecule has 12 heteroatoms. The first kappa shape index (κ1) is 23.0. The average molecular weight is 484 g/mol. The molecular formula is C21H18ClF4N5O2. The van der Waals surface area contributed by atoms with Crippen molar-refractivity contribution >= 4 is 23.3 Å². The van der Waals surface area contributed by atoms with Gasteiger partial charge in [0.05, 0.1) is 10.6 Å². The number of nitrogens with zero attached hydrogens (tertiary/aromatic N) is 5. The molecule has 1 aromatic carbocycles. The van der Waals surface area contributed by atoms with Crippen LogP contribution in [0.1, 0.15) is 17.9 Å². The lowest BCUT2D eigenvalue weighted by Crippen LogP contribution is -2.49. The van der Waals surface area contributed by atoms with E-state index in [1.54, 1.807) is 9.80 Å². The van der Waals surface area contributed by atoms with Crippen molar-refractivity contribution in [1.29, 1.82) is 0 Å². The molecule has 7 nitrogen and oxygen atoms in total. The Bertz CT molecular complexity index is 1130. The summed E-state index contributed by atoms with van der Waals surface area (Å²) in [5.41, 5.74) is -0.307. The number of hydrogen-bond acceptors (Lipinski definition) is 6. The van der Waals surface area contributed by atoms with E-state index in [4.69, 9.17) is 16.1 Å². The number of pyridine rings is 1. The van der Waals surface area contributed by atoms with Crippen molar-refractivity contribution in [1.82, 2.24) is 20.0 Å². The van der Waals surface area contributed by atoms with Gasteiger partial charge in [0.2, 0.25) is 17.6 Å². The molecule has 4 rings (SSSR count). The van der Waals surface area contributed by atoms with Crippen LogP contribution < -0.4 is 4.90 Å². The minimum absolute atomic E-state index is 0.0852. The van der Waals surface area contributed by atoms with E-state index in [1.807, 2.05) is 0 Å². The zero-order chi connectivity index (χ0) is 23.6. The summed E-state index contributed by atoms with van der Waals surface area (Å²) in [7, 11) is 0. The lowest BCUT2D eigenvalue weighted by Gasteiger charge is -2.35. The second-order valence-corrected chi connectivity index (χ2v) is 7.82. The number of carbonyl (C=O) groups is 1. The molecule has 0 N–H and O–H groups in total. The molecule has 0 aliphatic carbocycles. The summed E-state index contributed by atoms with van der Waals surface area (Å²) in [4.78, 5) is 24.1. The molecule has 1 fully saturated rings. The summed E-state index contributed by atoms with van der Waals surface area (Å²) in [6.07, 6.45) is -3.36. The monoisotopic (exact) mass is 483 g/mol. The molecule has 3 aromatic rings. The van der Waals surface area contributed by atoms with Gasteiger partial charge in [0.25, 0.3) is 0 Å². The van der Waals surface area contributed by atoms with Crippen LogP contribution in [0.3, 0.4) is 0 Å². The van der Waals surface area contributed by atoms with Gasteiger partial charge in [0.1, 0.15) is 11.6 Å². The van der Waals surface area contributed by atoms with E-state index in [0.717, 1.165) is 12.3 Å². The number of aromatic nitrogens is 3. The van der Waals surface area contributed by atoms with Crippen LogP contribution in [0, 0.1) is 5.82 Å². The van der Waals surface area contributed by atoms with Gasteiger partial charge in [-0.2, -0.15) is 18.2 Å². The number of halogens is 5. The molecule has 0 atom stereocenters. The van der Waals surface area contributed by atoms with Crippen LogP contribution in [0.25, 0.3) is 11.4 Å². The van der Waals surface area contributed by atoms with Crippen LogP contribution in [0.15, 0.2) is 41.1 Å². The quantitative estimate of drug-likeness (QED) is 0.506. The van der Waals surface area contributed by atoms with Crippen molar-refractivity contribution in [2.24, 2.45) is 0 Å². The highest BCUT2D eigenvalue weighted by atomic mass is 35.5. The topological polar surface area (TPSA) is 75.4 Å². The fraction of sp³-hybridized carbons (Fsp3) is 0.333. The number of hydrogen-bond donors (Lipinski definition) is 0. The van der Waals surface area contributed by atoms with Gasteiger partial charge >= 0.3 is 6.18 Å². The summed E-state index contributed by atoms with van der Waals surface area (Å²) in [5, 5.41) is 3.76. The normalized spacial score (nSPS) is 14.6. The molecule has 1 amide bonds. The molecule has 1 saturated heterocycles. The van der Waals surface area contributed by atoms with Crippen molar-refractivity contribution < 1.29 is 26.9 Å². The first-order valence-corrected chi connectivity index (χ1v) is 10.4. The van der Waals surface area contributed by atoms with Gasteiger partial charge in [-0.3, -0.25) is 4.79 Å². The molecule has 2 aromatic heterocycles. The van der Waals surface area contributed by atoms with Crippen LogP contribution in [0.4, 0.5) is 23.4 Å². The molecule has 0 saturated carbocycles. The Morgan fingerprint density at radius 1 is 1.12 bits per heavy atom. The maximum Gasteiger partial charge on any atom is 0.417 e. The van der Waals surface area contributed by atoms with Crippen LogP contribution in [0.5, 0.6) is 0 Å². The first-order valence-electron chi connectivity index (χ1n) is 10.0. The zero-order valence-corrected chi connectivity index (χ0v) is 17.9. The number of anilines is 1. The van der Waals surface area contributed by atoms with E-state index in [2.05, 4.69) is 15.1 Å². The summed E-state index contributed by atoms with van der Waals surface area (Å²) >= 11 is 6.01. The predicted molar refractivity (Wildman–Crippen MR) is 111 cm³/mol. The largest absolute Gasteiger partial charge is 0.417 e. The van der Waals surface area contributed by atoms with Gasteiger partial charge in [-0.15, -0.1) is 0 Å². The molecule has 0 bridgehead atoms. The maximum absolute atomic E-state index is 13.0. The Balaban J connectivity index is 1.29. The third-order valence-electron chi connectivity index (χ3n) is 5.20. The molecule has 0 spiro atoms. The second-order valence-electron chi connectivity index (χ2n) is 7.41. The Labute approximate surface area is 191 Å². The Kier molecular flexibility index (Phi) is 6.50. The number of alkyl halides is 3. The molecular weight excluding hydrogens is 466 g/mol. The molecule has 0 radical (unpaired) electrons. The van der Waals surface area contributed by atoms with Crippen LogP contribution in [0.2, 0.25) is 5.02 Å². The van der Waals surface area contributed by atoms with Crippen molar-refractivity contribution in [3.63, 3.8) is 0 Å². The Morgan fingerprint density at radius 3 is 2.45 bits per heavy atom. The van der Waals surface area contributed by atoms with Gasteiger partial charge in [-0.05, 0) is 30.3 Å². The number of rotatable bonds is 5. The standard InChI is InChI=1S/C21H18ClF4N5O2/c22-16-11-14(21(24,25)26)12-27-20(16)31-9-7-30(8-10-31)18(32)6-5-17-28-19(29-33-17)13-1-3-15(23)4-2-13/h1-4,11-12H,5-10H2. The van der Waals surface area contributed by atoms with Crippen LogP contribution in [-0.4, -0.2) is 52.1 Å². The molecule has 33 heavy (non-hydrogen) atoms. The van der Waals surface area contributed by atoms with E-state index in [1.165, 1.54) is 24.3 Å². The van der Waals surface area contributed by atoms with Crippen LogP contribution in [-0.2, 0) is 17.4 Å². The first-order chi connectivity index (χ1) is 15.7. The molecule has 1 aliphatic heterocycles. The number of aryl methyl sites for hydroxylation is 1. The fourth-order valence-corrected chi connectivity index (χ4v) is 3.72. The van der Waals surface area contributed by atoms with E-state index >= 15 is 0 Å². The van der Waals surface area contributed by atoms with E-state index in [9.17, 15) is 22.4 Å². The highest BCUT2D eigenvalue weighted by molar-refractivity contribution is 6.33. The average Bonchev–Trinajstić information content (AvgIpc) is 3.26. The Morgan fingerprint density at radius 2 is 1.82 bits per heavy atom. The molecule has 0 unspecified atom stereocenters. The lowest BCUT2D eigenvalue weighted by molar-refractivity contribution is -0.137. The predicted octanol–water partition coefficient (Wildman–Crippen LogP) is 4.22. The molecule has 3 heterocycles. The van der Waals surface area contributed by atoms with Gasteiger partial charge in [-0.25, -0.2) is 9.37 Å². The molecule has 174 valence electrons. The minimum Gasteiger partial charge on any atom is -0.352 e. The third-order valence-corrected chi connectivity index (χ3v) is 5.48. The highest BCUT2D eigenvalue weighted by Gasteiger charge is 2.32. The summed E-state index contributed by atoms with van der Waals surface area (Å²) in [6, 6.07) is 6.51. The number of carbonyl (C=O) groups excluding carboxylic acids is 1. The van der Waals surface area contributed by atoms with Crippen LogP contribution >= 0.6 is 11.6 Å². The molecule has 1 aliphatic rings. The minimum atomic E-state index is -4.52.